The first kappa shape index (κ1) is 21.7. The summed E-state index contributed by atoms with van der Waals surface area (Å²) in [7, 11) is 1.51. The van der Waals surface area contributed by atoms with Crippen molar-refractivity contribution in [1.29, 1.82) is 0 Å². The second-order valence-electron chi connectivity index (χ2n) is 7.16. The number of anilines is 1. The van der Waals surface area contributed by atoms with Gasteiger partial charge in [-0.05, 0) is 61.7 Å². The highest BCUT2D eigenvalue weighted by molar-refractivity contribution is 5.98. The van der Waals surface area contributed by atoms with Gasteiger partial charge in [0.1, 0.15) is 23.4 Å². The van der Waals surface area contributed by atoms with Crippen LogP contribution in [0.5, 0.6) is 5.75 Å². The SMILES string of the molecule is CNC(CC(=O)N1CCc2cc(OCCCc3ccc(F)cc3F)ccc21)C(=O)O. The normalized spacial score (nSPS) is 13.8. The van der Waals surface area contributed by atoms with Gasteiger partial charge in [0.05, 0.1) is 13.0 Å². The van der Waals surface area contributed by atoms with E-state index in [1.54, 1.807) is 17.0 Å². The van der Waals surface area contributed by atoms with Gasteiger partial charge in [0.25, 0.3) is 0 Å². The van der Waals surface area contributed by atoms with Crippen molar-refractivity contribution >= 4 is 17.6 Å². The number of aliphatic carboxylic acids is 1. The van der Waals surface area contributed by atoms with E-state index in [0.717, 1.165) is 17.3 Å². The minimum absolute atomic E-state index is 0.122. The molecule has 0 aliphatic carbocycles. The number of aryl methyl sites for hydroxylation is 1. The largest absolute Gasteiger partial charge is 0.494 e. The maximum absolute atomic E-state index is 13.6. The first-order valence-electron chi connectivity index (χ1n) is 9.79. The average molecular weight is 418 g/mol. The van der Waals surface area contributed by atoms with Crippen LogP contribution in [-0.4, -0.2) is 43.2 Å². The summed E-state index contributed by atoms with van der Waals surface area (Å²) in [5.74, 6) is -1.80. The third-order valence-electron chi connectivity index (χ3n) is 5.15. The zero-order chi connectivity index (χ0) is 21.7. The Morgan fingerprint density at radius 3 is 2.73 bits per heavy atom. The van der Waals surface area contributed by atoms with Crippen molar-refractivity contribution in [2.75, 3.05) is 25.1 Å². The molecule has 8 heteroatoms. The van der Waals surface area contributed by atoms with E-state index in [0.29, 0.717) is 43.7 Å². The zero-order valence-corrected chi connectivity index (χ0v) is 16.7. The minimum Gasteiger partial charge on any atom is -0.494 e. The maximum Gasteiger partial charge on any atom is 0.321 e. The van der Waals surface area contributed by atoms with Gasteiger partial charge in [-0.3, -0.25) is 9.59 Å². The molecule has 3 rings (SSSR count). The summed E-state index contributed by atoms with van der Waals surface area (Å²) in [4.78, 5) is 25.2. The van der Waals surface area contributed by atoms with E-state index in [9.17, 15) is 18.4 Å². The van der Waals surface area contributed by atoms with Crippen LogP contribution in [-0.2, 0) is 22.4 Å². The Labute approximate surface area is 173 Å². The molecule has 1 atom stereocenters. The lowest BCUT2D eigenvalue weighted by molar-refractivity contribution is -0.141. The Bertz CT molecular complexity index is 935. The number of nitrogens with one attached hydrogen (secondary N) is 1. The minimum atomic E-state index is -1.06. The third kappa shape index (κ3) is 5.13. The Hall–Kier alpha value is -3.00. The molecule has 2 aromatic carbocycles. The van der Waals surface area contributed by atoms with Crippen LogP contribution in [0.1, 0.15) is 24.0 Å². The second kappa shape index (κ2) is 9.67. The molecule has 30 heavy (non-hydrogen) atoms. The van der Waals surface area contributed by atoms with Crippen LogP contribution in [0.2, 0.25) is 0 Å². The topological polar surface area (TPSA) is 78.9 Å². The fourth-order valence-corrected chi connectivity index (χ4v) is 3.50. The fraction of sp³-hybridized carbons (Fsp3) is 0.364. The lowest BCUT2D eigenvalue weighted by Crippen LogP contribution is -2.40. The van der Waals surface area contributed by atoms with Gasteiger partial charge in [0.15, 0.2) is 0 Å². The van der Waals surface area contributed by atoms with Gasteiger partial charge < -0.3 is 20.1 Å². The van der Waals surface area contributed by atoms with Crippen LogP contribution in [0.4, 0.5) is 14.5 Å². The molecule has 1 unspecified atom stereocenters. The summed E-state index contributed by atoms with van der Waals surface area (Å²) in [6.45, 7) is 0.873. The lowest BCUT2D eigenvalue weighted by atomic mass is 10.1. The zero-order valence-electron chi connectivity index (χ0n) is 16.7. The highest BCUT2D eigenvalue weighted by atomic mass is 19.1. The first-order valence-corrected chi connectivity index (χ1v) is 9.79. The number of carboxylic acids is 1. The van der Waals surface area contributed by atoms with Crippen LogP contribution >= 0.6 is 0 Å². The van der Waals surface area contributed by atoms with Crippen LogP contribution in [0.3, 0.4) is 0 Å². The molecule has 1 aliphatic heterocycles. The van der Waals surface area contributed by atoms with E-state index in [4.69, 9.17) is 9.84 Å². The molecule has 0 fully saturated rings. The van der Waals surface area contributed by atoms with Crippen molar-refractivity contribution in [1.82, 2.24) is 5.32 Å². The number of carbonyl (C=O) groups is 2. The van der Waals surface area contributed by atoms with Crippen molar-refractivity contribution in [2.45, 2.75) is 31.7 Å². The van der Waals surface area contributed by atoms with Gasteiger partial charge in [-0.15, -0.1) is 0 Å². The molecule has 6 nitrogen and oxygen atoms in total. The second-order valence-corrected chi connectivity index (χ2v) is 7.16. The summed E-state index contributed by atoms with van der Waals surface area (Å²) in [6, 6.07) is 8.05. The third-order valence-corrected chi connectivity index (χ3v) is 5.15. The number of halogens is 2. The Morgan fingerprint density at radius 1 is 1.23 bits per heavy atom. The fourth-order valence-electron chi connectivity index (χ4n) is 3.50. The van der Waals surface area contributed by atoms with Crippen LogP contribution in [0, 0.1) is 11.6 Å². The first-order chi connectivity index (χ1) is 14.4. The van der Waals surface area contributed by atoms with Gasteiger partial charge in [-0.2, -0.15) is 0 Å². The van der Waals surface area contributed by atoms with Crippen molar-refractivity contribution in [2.24, 2.45) is 0 Å². The van der Waals surface area contributed by atoms with Crippen molar-refractivity contribution in [3.63, 3.8) is 0 Å². The summed E-state index contributed by atoms with van der Waals surface area (Å²) in [5.41, 5.74) is 2.17. The van der Waals surface area contributed by atoms with Crippen molar-refractivity contribution in [3.05, 3.63) is 59.2 Å². The number of ether oxygens (including phenoxy) is 1. The van der Waals surface area contributed by atoms with Crippen molar-refractivity contribution < 1.29 is 28.2 Å². The van der Waals surface area contributed by atoms with Crippen LogP contribution in [0.25, 0.3) is 0 Å². The molecule has 1 amide bonds. The van der Waals surface area contributed by atoms with Crippen LogP contribution in [0.15, 0.2) is 36.4 Å². The maximum atomic E-state index is 13.6. The number of hydrogen-bond acceptors (Lipinski definition) is 4. The summed E-state index contributed by atoms with van der Waals surface area (Å²) >= 11 is 0. The molecule has 0 aromatic heterocycles. The molecule has 160 valence electrons. The van der Waals surface area contributed by atoms with Gasteiger partial charge in [0.2, 0.25) is 5.91 Å². The smallest absolute Gasteiger partial charge is 0.321 e. The average Bonchev–Trinajstić information content (AvgIpc) is 3.13. The summed E-state index contributed by atoms with van der Waals surface area (Å²) in [5, 5.41) is 11.7. The van der Waals surface area contributed by atoms with E-state index in [2.05, 4.69) is 5.32 Å². The molecule has 1 heterocycles. The Morgan fingerprint density at radius 2 is 2.03 bits per heavy atom. The van der Waals surface area contributed by atoms with Gasteiger partial charge in [0, 0.05) is 18.3 Å². The number of fused-ring (bicyclic) bond motifs is 1. The molecule has 0 bridgehead atoms. The number of likely N-dealkylation sites (N-methyl/N-ethyl adjacent to an activating group) is 1. The predicted octanol–water partition coefficient (Wildman–Crippen LogP) is 2.93. The van der Waals surface area contributed by atoms with E-state index >= 15 is 0 Å². The molecule has 0 radical (unpaired) electrons. The molecule has 0 saturated carbocycles. The standard InChI is InChI=1S/C22H24F2N2O4/c1-25-19(22(28)29)13-21(27)26-9-8-15-11-17(6-7-20(15)26)30-10-2-3-14-4-5-16(23)12-18(14)24/h4-7,11-12,19,25H,2-3,8-10,13H2,1H3,(H,28,29). The predicted molar refractivity (Wildman–Crippen MR) is 108 cm³/mol. The number of amides is 1. The Kier molecular flexibility index (Phi) is 6.99. The van der Waals surface area contributed by atoms with E-state index in [-0.39, 0.29) is 12.3 Å². The molecule has 0 saturated heterocycles. The van der Waals surface area contributed by atoms with E-state index in [1.165, 1.54) is 19.2 Å². The number of hydrogen-bond donors (Lipinski definition) is 2. The Balaban J connectivity index is 1.54. The van der Waals surface area contributed by atoms with Crippen LogP contribution < -0.4 is 15.0 Å². The van der Waals surface area contributed by atoms with E-state index in [1.807, 2.05) is 6.07 Å². The summed E-state index contributed by atoms with van der Waals surface area (Å²) in [6.07, 6.45) is 1.56. The molecular formula is C22H24F2N2O4. The number of nitrogens with zero attached hydrogens (tertiary/aromatic N) is 1. The molecular weight excluding hydrogens is 394 g/mol. The van der Waals surface area contributed by atoms with Crippen molar-refractivity contribution in [3.8, 4) is 5.75 Å². The van der Waals surface area contributed by atoms with Gasteiger partial charge in [-0.25, -0.2) is 8.78 Å². The number of benzene rings is 2. The molecule has 0 spiro atoms. The van der Waals surface area contributed by atoms with Gasteiger partial charge >= 0.3 is 5.97 Å². The quantitative estimate of drug-likeness (QED) is 0.613. The molecule has 2 aromatic rings. The number of carbonyl (C=O) groups excluding carboxylic acids is 1. The highest BCUT2D eigenvalue weighted by Crippen LogP contribution is 2.32. The monoisotopic (exact) mass is 418 g/mol. The highest BCUT2D eigenvalue weighted by Gasteiger charge is 2.28. The van der Waals surface area contributed by atoms with E-state index < -0.39 is 23.6 Å². The lowest BCUT2D eigenvalue weighted by Gasteiger charge is -2.20. The molecule has 1 aliphatic rings. The van der Waals surface area contributed by atoms with Gasteiger partial charge in [-0.1, -0.05) is 6.07 Å². The number of carboxylic acid groups (broad SMARTS) is 1. The number of rotatable bonds is 9. The summed E-state index contributed by atoms with van der Waals surface area (Å²) < 4.78 is 32.3. The molecule has 2 N–H and O–H groups in total.